The minimum absolute atomic E-state index is 0.251. The fraction of sp³-hybridized carbons (Fsp3) is 1.00. The Kier molecular flexibility index (Phi) is 10.2. The van der Waals surface area contributed by atoms with Gasteiger partial charge < -0.3 is 29.4 Å². The summed E-state index contributed by atoms with van der Waals surface area (Å²) < 4.78 is 4.62. The van der Waals surface area contributed by atoms with Gasteiger partial charge in [-0.25, -0.2) is 0 Å². The van der Waals surface area contributed by atoms with Crippen molar-refractivity contribution in [2.75, 3.05) is 63.4 Å². The van der Waals surface area contributed by atoms with Gasteiger partial charge in [0, 0.05) is 0 Å². The van der Waals surface area contributed by atoms with Crippen LogP contribution in [-0.2, 0) is 0 Å². The minimum atomic E-state index is -1.76. The van der Waals surface area contributed by atoms with Gasteiger partial charge in [-0.05, 0) is 70.0 Å². The van der Waals surface area contributed by atoms with E-state index in [1.165, 1.54) is 7.05 Å². The van der Waals surface area contributed by atoms with Crippen molar-refractivity contribution in [3.63, 3.8) is 0 Å². The fourth-order valence-corrected chi connectivity index (χ4v) is 3.94. The molecule has 0 aliphatic carbocycles. The van der Waals surface area contributed by atoms with Crippen molar-refractivity contribution in [2.24, 2.45) is 5.73 Å². The molecule has 0 spiro atoms. The third-order valence-electron chi connectivity index (χ3n) is 3.12. The van der Waals surface area contributed by atoms with E-state index in [2.05, 4.69) is 92.3 Å². The second kappa shape index (κ2) is 9.03. The summed E-state index contributed by atoms with van der Waals surface area (Å²) in [5.74, 6) is 0. The summed E-state index contributed by atoms with van der Waals surface area (Å²) in [4.78, 5) is 8.16. The fourth-order valence-electron chi connectivity index (χ4n) is 1.62. The molecular formula is C10H33BN6Si. The summed E-state index contributed by atoms with van der Waals surface area (Å²) >= 11 is 0. The van der Waals surface area contributed by atoms with E-state index in [9.17, 15) is 0 Å². The second-order valence-corrected chi connectivity index (χ2v) is 9.37. The highest BCUT2D eigenvalue weighted by atomic mass is 28.4. The Labute approximate surface area is 115 Å². The van der Waals surface area contributed by atoms with E-state index in [1.807, 2.05) is 0 Å². The Hall–Kier alpha value is 0.0418. The van der Waals surface area contributed by atoms with Crippen molar-refractivity contribution >= 4 is 15.7 Å². The van der Waals surface area contributed by atoms with Crippen molar-refractivity contribution in [3.8, 4) is 0 Å². The van der Waals surface area contributed by atoms with E-state index in [4.69, 9.17) is 0 Å². The van der Waals surface area contributed by atoms with Gasteiger partial charge in [0.2, 0.25) is 0 Å². The van der Waals surface area contributed by atoms with Crippen LogP contribution < -0.4 is 10.6 Å². The first-order valence-corrected chi connectivity index (χ1v) is 8.55. The molecule has 0 aromatic carbocycles. The molecule has 0 rings (SSSR count). The van der Waals surface area contributed by atoms with E-state index >= 15 is 0 Å². The van der Waals surface area contributed by atoms with Gasteiger partial charge in [-0.2, -0.15) is 0 Å². The lowest BCUT2D eigenvalue weighted by molar-refractivity contribution is 0.454. The zero-order chi connectivity index (χ0) is 15.1. The van der Waals surface area contributed by atoms with Gasteiger partial charge in [0.25, 0.3) is 8.56 Å². The average Bonchev–Trinajstić information content (AvgIpc) is 2.26. The molecule has 0 amide bonds. The lowest BCUT2D eigenvalue weighted by Crippen LogP contribution is -2.76. The minimum Gasteiger partial charge on any atom is -0.333 e. The lowest BCUT2D eigenvalue weighted by Gasteiger charge is -2.43. The summed E-state index contributed by atoms with van der Waals surface area (Å²) in [6.45, 7) is 2.31. The van der Waals surface area contributed by atoms with E-state index in [-0.39, 0.29) is 7.12 Å². The first-order valence-electron chi connectivity index (χ1n) is 6.16. The standard InChI is InChI=1S/C9H28BN5Si.CH5N/c1-12(2)10(13(3)4)11-16(9,14(5)6)15(7)8;1-2/h11H,1-9H3;2H2,1H3. The summed E-state index contributed by atoms with van der Waals surface area (Å²) in [6, 6.07) is 0. The highest BCUT2D eigenvalue weighted by molar-refractivity contribution is 6.79. The Morgan fingerprint density at radius 1 is 0.778 bits per heavy atom. The molecule has 0 radical (unpaired) electrons. The van der Waals surface area contributed by atoms with Gasteiger partial charge in [-0.1, -0.05) is 0 Å². The number of nitrogens with one attached hydrogen (secondary N) is 1. The van der Waals surface area contributed by atoms with Gasteiger partial charge in [0.1, 0.15) is 0 Å². The molecule has 0 bridgehead atoms. The number of rotatable bonds is 6. The number of hydrogen-bond donors (Lipinski definition) is 2. The van der Waals surface area contributed by atoms with Crippen molar-refractivity contribution in [2.45, 2.75) is 6.55 Å². The maximum Gasteiger partial charge on any atom is 0.394 e. The van der Waals surface area contributed by atoms with Gasteiger partial charge in [-0.3, -0.25) is 0 Å². The Morgan fingerprint density at radius 3 is 1.22 bits per heavy atom. The van der Waals surface area contributed by atoms with Crippen molar-refractivity contribution in [1.29, 1.82) is 0 Å². The lowest BCUT2D eigenvalue weighted by atomic mass is 9.92. The zero-order valence-corrected chi connectivity index (χ0v) is 14.9. The van der Waals surface area contributed by atoms with Crippen LogP contribution >= 0.6 is 0 Å². The molecule has 6 nitrogen and oxygen atoms in total. The molecular weight excluding hydrogens is 243 g/mol. The summed E-state index contributed by atoms with van der Waals surface area (Å²) in [5.41, 5.74) is 4.50. The molecule has 0 fully saturated rings. The van der Waals surface area contributed by atoms with Gasteiger partial charge in [0.15, 0.2) is 0 Å². The van der Waals surface area contributed by atoms with Crippen LogP contribution in [0.1, 0.15) is 0 Å². The van der Waals surface area contributed by atoms with Crippen LogP contribution in [-0.4, -0.2) is 97.9 Å². The smallest absolute Gasteiger partial charge is 0.333 e. The third kappa shape index (κ3) is 5.79. The van der Waals surface area contributed by atoms with Crippen LogP contribution in [0.3, 0.4) is 0 Å². The summed E-state index contributed by atoms with van der Waals surface area (Å²) in [5, 5.41) is 0. The topological polar surface area (TPSA) is 51.0 Å². The highest BCUT2D eigenvalue weighted by Crippen LogP contribution is 2.06. The monoisotopic (exact) mass is 276 g/mol. The van der Waals surface area contributed by atoms with Crippen molar-refractivity contribution < 1.29 is 0 Å². The molecule has 0 unspecified atom stereocenters. The maximum absolute atomic E-state index is 4.50. The molecule has 0 aromatic rings. The molecule has 0 aliphatic rings. The third-order valence-corrected chi connectivity index (χ3v) is 7.41. The molecule has 110 valence electrons. The second-order valence-electron chi connectivity index (χ2n) is 5.25. The quantitative estimate of drug-likeness (QED) is 0.604. The molecule has 0 saturated carbocycles. The van der Waals surface area contributed by atoms with E-state index in [1.54, 1.807) is 0 Å². The summed E-state index contributed by atoms with van der Waals surface area (Å²) in [7, 11) is 16.9. The average molecular weight is 276 g/mol. The van der Waals surface area contributed by atoms with E-state index in [0.29, 0.717) is 0 Å². The molecule has 18 heavy (non-hydrogen) atoms. The SMILES string of the molecule is CN.CN(C)B(N[Si](C)(N(C)C)N(C)C)N(C)C. The number of hydrogen-bond acceptors (Lipinski definition) is 6. The molecule has 0 aromatic heterocycles. The van der Waals surface area contributed by atoms with Gasteiger partial charge >= 0.3 is 7.12 Å². The van der Waals surface area contributed by atoms with Gasteiger partial charge in [0.05, 0.1) is 0 Å². The highest BCUT2D eigenvalue weighted by Gasteiger charge is 2.39. The van der Waals surface area contributed by atoms with Crippen molar-refractivity contribution in [1.82, 2.24) is 23.6 Å². The Morgan fingerprint density at radius 2 is 1.06 bits per heavy atom. The van der Waals surface area contributed by atoms with Crippen LogP contribution in [0.25, 0.3) is 0 Å². The van der Waals surface area contributed by atoms with Crippen LogP contribution in [0.4, 0.5) is 0 Å². The Balaban J connectivity index is 0. The van der Waals surface area contributed by atoms with Crippen LogP contribution in [0.2, 0.25) is 6.55 Å². The van der Waals surface area contributed by atoms with Crippen LogP contribution in [0.15, 0.2) is 0 Å². The first-order chi connectivity index (χ1) is 8.12. The summed E-state index contributed by atoms with van der Waals surface area (Å²) in [6.07, 6.45) is 0. The number of nitrogens with zero attached hydrogens (tertiary/aromatic N) is 4. The van der Waals surface area contributed by atoms with Gasteiger partial charge in [-0.15, -0.1) is 0 Å². The van der Waals surface area contributed by atoms with E-state index in [0.717, 1.165) is 0 Å². The van der Waals surface area contributed by atoms with Crippen LogP contribution in [0, 0.1) is 0 Å². The molecule has 3 N–H and O–H groups in total. The predicted molar refractivity (Wildman–Crippen MR) is 85.4 cm³/mol. The molecule has 0 aliphatic heterocycles. The molecule has 0 heterocycles. The normalized spacial score (nSPS) is 12.2. The van der Waals surface area contributed by atoms with E-state index < -0.39 is 8.56 Å². The largest absolute Gasteiger partial charge is 0.394 e. The van der Waals surface area contributed by atoms with Crippen molar-refractivity contribution in [3.05, 3.63) is 0 Å². The Bertz CT molecular complexity index is 197. The molecule has 8 heteroatoms. The zero-order valence-electron chi connectivity index (χ0n) is 13.9. The maximum atomic E-state index is 4.50. The predicted octanol–water partition coefficient (Wildman–Crippen LogP) is -1.05. The number of nitrogens with two attached hydrogens (primary N) is 1. The van der Waals surface area contributed by atoms with Crippen LogP contribution in [0.5, 0.6) is 0 Å². The molecule has 0 saturated heterocycles. The molecule has 0 atom stereocenters. The first kappa shape index (κ1) is 20.4.